The quantitative estimate of drug-likeness (QED) is 0.405. The van der Waals surface area contributed by atoms with Gasteiger partial charge in [0.15, 0.2) is 5.13 Å². The minimum Gasteiger partial charge on any atom is -0.354 e. The number of carbonyl (C=O) groups is 1. The van der Waals surface area contributed by atoms with Gasteiger partial charge in [0, 0.05) is 41.3 Å². The van der Waals surface area contributed by atoms with Gasteiger partial charge in [-0.25, -0.2) is 4.98 Å². The second kappa shape index (κ2) is 9.63. The topological polar surface area (TPSA) is 50.2 Å². The molecule has 4 heterocycles. The maximum absolute atomic E-state index is 12.8. The molecule has 1 aliphatic rings. The van der Waals surface area contributed by atoms with Crippen molar-refractivity contribution in [3.63, 3.8) is 0 Å². The van der Waals surface area contributed by atoms with E-state index in [1.807, 2.05) is 22.8 Å². The summed E-state index contributed by atoms with van der Waals surface area (Å²) >= 11 is 3.43. The van der Waals surface area contributed by atoms with Crippen molar-refractivity contribution in [1.82, 2.24) is 19.8 Å². The fourth-order valence-corrected chi connectivity index (χ4v) is 6.39. The average molecular weight is 477 g/mol. The molecule has 0 spiro atoms. The van der Waals surface area contributed by atoms with Gasteiger partial charge in [0.2, 0.25) is 5.91 Å². The maximum Gasteiger partial charge on any atom is 0.226 e. The van der Waals surface area contributed by atoms with Crippen LogP contribution in [0.2, 0.25) is 0 Å². The molecular formula is C26H28N4OS2. The summed E-state index contributed by atoms with van der Waals surface area (Å²) in [6.07, 6.45) is 1.37. The van der Waals surface area contributed by atoms with E-state index >= 15 is 0 Å². The normalized spacial score (nSPS) is 14.7. The molecule has 33 heavy (non-hydrogen) atoms. The first-order chi connectivity index (χ1) is 16.1. The van der Waals surface area contributed by atoms with Crippen molar-refractivity contribution in [1.29, 1.82) is 0 Å². The lowest BCUT2D eigenvalue weighted by atomic mass is 10.0. The van der Waals surface area contributed by atoms with Gasteiger partial charge in [-0.2, -0.15) is 0 Å². The number of hydrogen-bond acceptors (Lipinski definition) is 5. The van der Waals surface area contributed by atoms with Gasteiger partial charge >= 0.3 is 0 Å². The molecule has 1 aromatic carbocycles. The zero-order valence-electron chi connectivity index (χ0n) is 19.0. The van der Waals surface area contributed by atoms with Crippen LogP contribution >= 0.6 is 22.7 Å². The summed E-state index contributed by atoms with van der Waals surface area (Å²) in [5.74, 6) is 0.0157. The second-order valence-corrected chi connectivity index (χ2v) is 10.4. The number of hydrogen-bond donors (Lipinski definition) is 1. The van der Waals surface area contributed by atoms with Crippen LogP contribution in [0.25, 0.3) is 5.13 Å². The molecular weight excluding hydrogens is 448 g/mol. The largest absolute Gasteiger partial charge is 0.354 e. The molecule has 5 rings (SSSR count). The average Bonchev–Trinajstić information content (AvgIpc) is 3.55. The monoisotopic (exact) mass is 476 g/mol. The number of aromatic nitrogens is 2. The molecule has 0 aliphatic carbocycles. The Morgan fingerprint density at radius 1 is 1.09 bits per heavy atom. The fourth-order valence-electron chi connectivity index (χ4n) is 4.56. The Labute approximate surface area is 202 Å². The van der Waals surface area contributed by atoms with E-state index in [0.717, 1.165) is 41.7 Å². The van der Waals surface area contributed by atoms with Crippen molar-refractivity contribution in [3.8, 4) is 5.13 Å². The highest BCUT2D eigenvalue weighted by Gasteiger charge is 2.26. The van der Waals surface area contributed by atoms with Crippen molar-refractivity contribution < 1.29 is 4.79 Å². The lowest BCUT2D eigenvalue weighted by Gasteiger charge is -2.35. The van der Waals surface area contributed by atoms with Gasteiger partial charge in [-0.1, -0.05) is 30.3 Å². The Morgan fingerprint density at radius 3 is 2.67 bits per heavy atom. The highest BCUT2D eigenvalue weighted by molar-refractivity contribution is 7.12. The Morgan fingerprint density at radius 2 is 1.88 bits per heavy atom. The van der Waals surface area contributed by atoms with Crippen LogP contribution in [0.3, 0.4) is 0 Å². The lowest BCUT2D eigenvalue weighted by molar-refractivity contribution is -0.120. The highest BCUT2D eigenvalue weighted by Crippen LogP contribution is 2.30. The summed E-state index contributed by atoms with van der Waals surface area (Å²) < 4.78 is 2.13. The van der Waals surface area contributed by atoms with Crippen LogP contribution in [0, 0.1) is 13.8 Å². The van der Waals surface area contributed by atoms with E-state index < -0.39 is 0 Å². The Kier molecular flexibility index (Phi) is 6.44. The van der Waals surface area contributed by atoms with Crippen LogP contribution in [0.5, 0.6) is 0 Å². The van der Waals surface area contributed by atoms with Crippen LogP contribution in [0.15, 0.2) is 59.3 Å². The molecule has 5 nitrogen and oxygen atoms in total. The molecule has 1 unspecified atom stereocenters. The van der Waals surface area contributed by atoms with Crippen LogP contribution in [-0.2, 0) is 24.2 Å². The molecule has 0 bridgehead atoms. The van der Waals surface area contributed by atoms with Gasteiger partial charge in [-0.05, 0) is 55.0 Å². The number of benzene rings is 1. The number of fused-ring (bicyclic) bond motifs is 1. The first kappa shape index (κ1) is 22.1. The van der Waals surface area contributed by atoms with Crippen molar-refractivity contribution in [2.75, 3.05) is 13.1 Å². The van der Waals surface area contributed by atoms with Gasteiger partial charge in [0.1, 0.15) is 0 Å². The van der Waals surface area contributed by atoms with Crippen molar-refractivity contribution in [2.45, 2.75) is 39.3 Å². The number of nitrogens with one attached hydrogen (secondary N) is 1. The SMILES string of the molecule is Cc1ccc(C)n1-c1nc(CC(=O)NCC(c2ccccc2)N2CCc3sccc3C2)cs1. The van der Waals surface area contributed by atoms with Gasteiger partial charge in [-0.15, -0.1) is 22.7 Å². The van der Waals surface area contributed by atoms with E-state index in [1.165, 1.54) is 16.0 Å². The van der Waals surface area contributed by atoms with Gasteiger partial charge in [0.25, 0.3) is 0 Å². The number of amides is 1. The summed E-state index contributed by atoms with van der Waals surface area (Å²) in [5, 5.41) is 8.29. The van der Waals surface area contributed by atoms with E-state index in [4.69, 9.17) is 4.98 Å². The summed E-state index contributed by atoms with van der Waals surface area (Å²) in [6, 6.07) is 17.1. The predicted octanol–water partition coefficient (Wildman–Crippen LogP) is 5.07. The van der Waals surface area contributed by atoms with Crippen LogP contribution < -0.4 is 5.32 Å². The van der Waals surface area contributed by atoms with Crippen molar-refractivity contribution in [3.05, 3.63) is 92.4 Å². The summed E-state index contributed by atoms with van der Waals surface area (Å²) in [7, 11) is 0. The number of thiazole rings is 1. The zero-order valence-corrected chi connectivity index (χ0v) is 20.6. The summed E-state index contributed by atoms with van der Waals surface area (Å²) in [6.45, 7) is 6.68. The number of thiophene rings is 1. The van der Waals surface area contributed by atoms with Crippen molar-refractivity contribution in [2.24, 2.45) is 0 Å². The predicted molar refractivity (Wildman–Crippen MR) is 135 cm³/mol. The van der Waals surface area contributed by atoms with E-state index in [0.29, 0.717) is 13.0 Å². The van der Waals surface area contributed by atoms with Gasteiger partial charge < -0.3 is 5.32 Å². The zero-order chi connectivity index (χ0) is 22.8. The third-order valence-corrected chi connectivity index (χ3v) is 8.20. The number of nitrogens with zero attached hydrogens (tertiary/aromatic N) is 3. The highest BCUT2D eigenvalue weighted by atomic mass is 32.1. The summed E-state index contributed by atoms with van der Waals surface area (Å²) in [5.41, 5.74) is 5.78. The molecule has 1 atom stereocenters. The molecule has 3 aromatic heterocycles. The van der Waals surface area contributed by atoms with E-state index in [-0.39, 0.29) is 11.9 Å². The van der Waals surface area contributed by atoms with Crippen LogP contribution in [0.4, 0.5) is 0 Å². The maximum atomic E-state index is 12.8. The molecule has 0 fully saturated rings. The van der Waals surface area contributed by atoms with Crippen LogP contribution in [-0.4, -0.2) is 33.4 Å². The second-order valence-electron chi connectivity index (χ2n) is 8.57. The Balaban J connectivity index is 1.26. The number of carbonyl (C=O) groups excluding carboxylic acids is 1. The minimum atomic E-state index is 0.0157. The molecule has 1 amide bonds. The molecule has 0 radical (unpaired) electrons. The first-order valence-corrected chi connectivity index (χ1v) is 13.0. The first-order valence-electron chi connectivity index (χ1n) is 11.3. The third-order valence-electron chi connectivity index (χ3n) is 6.30. The lowest BCUT2D eigenvalue weighted by Crippen LogP contribution is -2.40. The van der Waals surface area contributed by atoms with Crippen molar-refractivity contribution >= 4 is 28.6 Å². The van der Waals surface area contributed by atoms with Crippen LogP contribution in [0.1, 0.15) is 39.1 Å². The van der Waals surface area contributed by atoms with E-state index in [2.05, 4.69) is 76.5 Å². The molecule has 1 aliphatic heterocycles. The minimum absolute atomic E-state index is 0.0157. The molecule has 7 heteroatoms. The summed E-state index contributed by atoms with van der Waals surface area (Å²) in [4.78, 5) is 21.6. The molecule has 1 N–H and O–H groups in total. The molecule has 4 aromatic rings. The Bertz CT molecular complexity index is 1220. The van der Waals surface area contributed by atoms with Gasteiger partial charge in [0.05, 0.1) is 18.2 Å². The third kappa shape index (κ3) is 4.81. The number of rotatable bonds is 7. The fraction of sp³-hybridized carbons (Fsp3) is 0.308. The van der Waals surface area contributed by atoms with E-state index in [9.17, 15) is 4.79 Å². The molecule has 170 valence electrons. The standard InChI is InChI=1S/C26H28N4OS2/c1-18-8-9-19(2)30(18)26-28-22(17-33-26)14-25(31)27-15-23(20-6-4-3-5-7-20)29-12-10-24-21(16-29)11-13-32-24/h3-9,11,13,17,23H,10,12,14-16H2,1-2H3,(H,27,31). The Hall–Kier alpha value is -2.74. The molecule has 0 saturated heterocycles. The smallest absolute Gasteiger partial charge is 0.226 e. The molecule has 0 saturated carbocycles. The number of aryl methyl sites for hydroxylation is 2. The van der Waals surface area contributed by atoms with E-state index in [1.54, 1.807) is 11.3 Å². The van der Waals surface area contributed by atoms with Gasteiger partial charge in [-0.3, -0.25) is 14.3 Å².